The Labute approximate surface area is 132 Å². The first-order valence-corrected chi connectivity index (χ1v) is 7.43. The number of hydrogen-bond acceptors (Lipinski definition) is 4. The predicted octanol–water partition coefficient (Wildman–Crippen LogP) is 2.86. The SMILES string of the molecule is COC(=O)C1CCc2nnc(-c3ccc(Cl)cc3F)n2CC1. The average Bonchev–Trinajstić information content (AvgIpc) is 2.77. The van der Waals surface area contributed by atoms with E-state index in [1.165, 1.54) is 13.2 Å². The zero-order valence-electron chi connectivity index (χ0n) is 12.1. The highest BCUT2D eigenvalue weighted by Gasteiger charge is 2.26. The van der Waals surface area contributed by atoms with E-state index in [1.807, 2.05) is 4.57 Å². The number of benzene rings is 1. The smallest absolute Gasteiger partial charge is 0.308 e. The molecule has 7 heteroatoms. The normalized spacial score (nSPS) is 17.7. The number of esters is 1. The fourth-order valence-corrected chi connectivity index (χ4v) is 2.92. The van der Waals surface area contributed by atoms with E-state index in [0.29, 0.717) is 42.2 Å². The van der Waals surface area contributed by atoms with Crippen LogP contribution < -0.4 is 0 Å². The molecule has 116 valence electrons. The van der Waals surface area contributed by atoms with Crippen LogP contribution in [0.25, 0.3) is 11.4 Å². The number of nitrogens with zero attached hydrogens (tertiary/aromatic N) is 3. The van der Waals surface area contributed by atoms with Crippen LogP contribution in [0.3, 0.4) is 0 Å². The number of rotatable bonds is 2. The van der Waals surface area contributed by atoms with E-state index in [0.717, 1.165) is 5.82 Å². The largest absolute Gasteiger partial charge is 0.469 e. The quantitative estimate of drug-likeness (QED) is 0.797. The minimum Gasteiger partial charge on any atom is -0.469 e. The van der Waals surface area contributed by atoms with Crippen molar-refractivity contribution in [2.75, 3.05) is 7.11 Å². The molecule has 1 unspecified atom stereocenters. The molecule has 1 aliphatic heterocycles. The predicted molar refractivity (Wildman–Crippen MR) is 78.9 cm³/mol. The molecule has 0 amide bonds. The van der Waals surface area contributed by atoms with Crippen LogP contribution in [0.4, 0.5) is 4.39 Å². The summed E-state index contributed by atoms with van der Waals surface area (Å²) in [7, 11) is 1.39. The second-order valence-corrected chi connectivity index (χ2v) is 5.70. The molecule has 22 heavy (non-hydrogen) atoms. The van der Waals surface area contributed by atoms with Gasteiger partial charge >= 0.3 is 5.97 Å². The molecule has 1 aromatic heterocycles. The number of carbonyl (C=O) groups excluding carboxylic acids is 1. The van der Waals surface area contributed by atoms with Crippen molar-refractivity contribution in [2.24, 2.45) is 5.92 Å². The van der Waals surface area contributed by atoms with Gasteiger partial charge in [0.25, 0.3) is 0 Å². The summed E-state index contributed by atoms with van der Waals surface area (Å²) in [4.78, 5) is 11.7. The van der Waals surface area contributed by atoms with E-state index in [-0.39, 0.29) is 11.9 Å². The molecule has 5 nitrogen and oxygen atoms in total. The fraction of sp³-hybridized carbons (Fsp3) is 0.400. The summed E-state index contributed by atoms with van der Waals surface area (Å²) in [5, 5.41) is 8.58. The van der Waals surface area contributed by atoms with Crippen LogP contribution in [0.15, 0.2) is 18.2 Å². The number of ether oxygens (including phenoxy) is 1. The van der Waals surface area contributed by atoms with Gasteiger partial charge in [0, 0.05) is 18.0 Å². The summed E-state index contributed by atoms with van der Waals surface area (Å²) >= 11 is 5.78. The summed E-state index contributed by atoms with van der Waals surface area (Å²) in [5.74, 6) is 0.425. The summed E-state index contributed by atoms with van der Waals surface area (Å²) in [6, 6.07) is 4.47. The number of halogens is 2. The van der Waals surface area contributed by atoms with Crippen LogP contribution >= 0.6 is 11.6 Å². The van der Waals surface area contributed by atoms with E-state index in [1.54, 1.807) is 12.1 Å². The van der Waals surface area contributed by atoms with Gasteiger partial charge in [-0.05, 0) is 31.0 Å². The maximum Gasteiger partial charge on any atom is 0.308 e. The zero-order chi connectivity index (χ0) is 15.7. The Bertz CT molecular complexity index is 717. The van der Waals surface area contributed by atoms with Gasteiger partial charge in [-0.2, -0.15) is 0 Å². The molecule has 1 aliphatic rings. The maximum atomic E-state index is 14.1. The molecule has 1 aromatic carbocycles. The van der Waals surface area contributed by atoms with Gasteiger partial charge in [0.1, 0.15) is 11.6 Å². The lowest BCUT2D eigenvalue weighted by molar-refractivity contribution is -0.145. The number of hydrogen-bond donors (Lipinski definition) is 0. The Morgan fingerprint density at radius 1 is 1.41 bits per heavy atom. The Morgan fingerprint density at radius 3 is 2.95 bits per heavy atom. The van der Waals surface area contributed by atoms with Gasteiger partial charge in [-0.15, -0.1) is 10.2 Å². The van der Waals surface area contributed by atoms with Gasteiger partial charge in [-0.1, -0.05) is 11.6 Å². The Balaban J connectivity index is 1.92. The molecule has 2 aromatic rings. The van der Waals surface area contributed by atoms with Gasteiger partial charge in [0.2, 0.25) is 0 Å². The molecular formula is C15H15ClFN3O2. The molecule has 2 heterocycles. The van der Waals surface area contributed by atoms with E-state index >= 15 is 0 Å². The summed E-state index contributed by atoms with van der Waals surface area (Å²) in [6.07, 6.45) is 1.90. The van der Waals surface area contributed by atoms with Crippen LogP contribution in [0.1, 0.15) is 18.7 Å². The van der Waals surface area contributed by atoms with Crippen molar-refractivity contribution in [3.05, 3.63) is 34.9 Å². The van der Waals surface area contributed by atoms with E-state index in [2.05, 4.69) is 10.2 Å². The van der Waals surface area contributed by atoms with Crippen molar-refractivity contribution < 1.29 is 13.9 Å². The first-order valence-electron chi connectivity index (χ1n) is 7.05. The molecule has 0 aliphatic carbocycles. The van der Waals surface area contributed by atoms with Crippen LogP contribution in [-0.2, 0) is 22.5 Å². The first kappa shape index (κ1) is 15.0. The molecule has 0 saturated heterocycles. The number of fused-ring (bicyclic) bond motifs is 1. The lowest BCUT2D eigenvalue weighted by Gasteiger charge is -2.11. The second kappa shape index (κ2) is 6.04. The molecule has 0 fully saturated rings. The van der Waals surface area contributed by atoms with Gasteiger partial charge in [-0.3, -0.25) is 4.79 Å². The van der Waals surface area contributed by atoms with Crippen molar-refractivity contribution in [3.63, 3.8) is 0 Å². The number of methoxy groups -OCH3 is 1. The van der Waals surface area contributed by atoms with Gasteiger partial charge in [0.05, 0.1) is 18.6 Å². The van der Waals surface area contributed by atoms with Crippen LogP contribution in [0.2, 0.25) is 5.02 Å². The van der Waals surface area contributed by atoms with Crippen LogP contribution in [0.5, 0.6) is 0 Å². The summed E-state index contributed by atoms with van der Waals surface area (Å²) < 4.78 is 20.8. The lowest BCUT2D eigenvalue weighted by atomic mass is 10.0. The standard InChI is InChI=1S/C15H15ClFN3O2/c1-22-15(21)9-2-5-13-18-19-14(20(13)7-6-9)11-4-3-10(16)8-12(11)17/h3-4,8-9H,2,5-7H2,1H3. The number of carbonyl (C=O) groups is 1. The van der Waals surface area contributed by atoms with Crippen molar-refractivity contribution in [3.8, 4) is 11.4 Å². The van der Waals surface area contributed by atoms with Gasteiger partial charge < -0.3 is 9.30 Å². The van der Waals surface area contributed by atoms with Crippen molar-refractivity contribution in [2.45, 2.75) is 25.8 Å². The lowest BCUT2D eigenvalue weighted by Crippen LogP contribution is -2.17. The summed E-state index contributed by atoms with van der Waals surface area (Å²) in [6.45, 7) is 0.555. The third-order valence-electron chi connectivity index (χ3n) is 3.95. The van der Waals surface area contributed by atoms with E-state index in [9.17, 15) is 9.18 Å². The molecule has 3 rings (SSSR count). The Kier molecular flexibility index (Phi) is 4.11. The topological polar surface area (TPSA) is 57.0 Å². The number of aromatic nitrogens is 3. The zero-order valence-corrected chi connectivity index (χ0v) is 12.8. The third-order valence-corrected chi connectivity index (χ3v) is 4.19. The minimum atomic E-state index is -0.434. The first-order chi connectivity index (χ1) is 10.6. The highest BCUT2D eigenvalue weighted by atomic mass is 35.5. The highest BCUT2D eigenvalue weighted by Crippen LogP contribution is 2.28. The monoisotopic (exact) mass is 323 g/mol. The van der Waals surface area contributed by atoms with Crippen molar-refractivity contribution >= 4 is 17.6 Å². The third kappa shape index (κ3) is 2.70. The molecule has 0 saturated carbocycles. The van der Waals surface area contributed by atoms with E-state index < -0.39 is 5.82 Å². The molecule has 0 radical (unpaired) electrons. The van der Waals surface area contributed by atoms with Gasteiger partial charge in [-0.25, -0.2) is 4.39 Å². The Hall–Kier alpha value is -1.95. The minimum absolute atomic E-state index is 0.158. The highest BCUT2D eigenvalue weighted by molar-refractivity contribution is 6.30. The fourth-order valence-electron chi connectivity index (χ4n) is 2.76. The van der Waals surface area contributed by atoms with Crippen molar-refractivity contribution in [1.29, 1.82) is 0 Å². The van der Waals surface area contributed by atoms with Gasteiger partial charge in [0.15, 0.2) is 5.82 Å². The molecule has 0 N–H and O–H groups in total. The molecular weight excluding hydrogens is 309 g/mol. The summed E-state index contributed by atoms with van der Waals surface area (Å²) in [5.41, 5.74) is 0.361. The van der Waals surface area contributed by atoms with Crippen LogP contribution in [-0.4, -0.2) is 27.8 Å². The second-order valence-electron chi connectivity index (χ2n) is 5.26. The average molecular weight is 324 g/mol. The Morgan fingerprint density at radius 2 is 2.23 bits per heavy atom. The van der Waals surface area contributed by atoms with Crippen molar-refractivity contribution in [1.82, 2.24) is 14.8 Å². The van der Waals surface area contributed by atoms with E-state index in [4.69, 9.17) is 16.3 Å². The number of aryl methyl sites for hydroxylation is 1. The molecule has 1 atom stereocenters. The molecule has 0 bridgehead atoms. The molecule has 0 spiro atoms. The van der Waals surface area contributed by atoms with Crippen LogP contribution in [0, 0.1) is 11.7 Å². The maximum absolute atomic E-state index is 14.1.